The van der Waals surface area contributed by atoms with Crippen LogP contribution in [-0.4, -0.2) is 15.3 Å². The number of hydrogen-bond acceptors (Lipinski definition) is 3. The molecule has 21 heavy (non-hydrogen) atoms. The minimum absolute atomic E-state index is 0.285. The lowest BCUT2D eigenvalue weighted by molar-refractivity contribution is 0.371. The number of fused-ring (bicyclic) bond motifs is 6. The molecule has 0 spiro atoms. The van der Waals surface area contributed by atoms with E-state index in [2.05, 4.69) is 0 Å². The van der Waals surface area contributed by atoms with Crippen LogP contribution in [0.3, 0.4) is 0 Å². The van der Waals surface area contributed by atoms with E-state index in [1.54, 1.807) is 0 Å². The Hall–Kier alpha value is -2.94. The van der Waals surface area contributed by atoms with Gasteiger partial charge in [0.1, 0.15) is 0 Å². The quantitative estimate of drug-likeness (QED) is 0.332. The Labute approximate surface area is 120 Å². The summed E-state index contributed by atoms with van der Waals surface area (Å²) in [5.41, 5.74) is 0. The zero-order chi connectivity index (χ0) is 14.6. The number of benzene rings is 4. The lowest BCUT2D eigenvalue weighted by Gasteiger charge is -2.13. The van der Waals surface area contributed by atoms with Crippen LogP contribution in [0.15, 0.2) is 54.6 Å². The van der Waals surface area contributed by atoms with Crippen molar-refractivity contribution in [2.24, 2.45) is 0 Å². The molecule has 3 nitrogen and oxygen atoms in total. The van der Waals surface area contributed by atoms with E-state index >= 15 is 0 Å². The first-order valence-electron chi connectivity index (χ1n) is 6.65. The van der Waals surface area contributed by atoms with Crippen LogP contribution in [0.5, 0.6) is 17.2 Å². The molecule has 4 aromatic carbocycles. The molecule has 0 aliphatic heterocycles. The molecule has 0 heterocycles. The molecular formula is C18H12O3. The van der Waals surface area contributed by atoms with Gasteiger partial charge in [-0.2, -0.15) is 0 Å². The first-order chi connectivity index (χ1) is 10.2. The molecule has 0 aliphatic carbocycles. The van der Waals surface area contributed by atoms with Crippen molar-refractivity contribution in [3.63, 3.8) is 0 Å². The Bertz CT molecular complexity index is 1020. The van der Waals surface area contributed by atoms with Crippen LogP contribution >= 0.6 is 0 Å². The van der Waals surface area contributed by atoms with Gasteiger partial charge in [-0.05, 0) is 33.0 Å². The second-order valence-corrected chi connectivity index (χ2v) is 5.11. The average molecular weight is 276 g/mol. The summed E-state index contributed by atoms with van der Waals surface area (Å²) in [7, 11) is 0. The monoisotopic (exact) mass is 276 g/mol. The number of aromatic hydroxyl groups is 3. The van der Waals surface area contributed by atoms with Crippen molar-refractivity contribution in [1.29, 1.82) is 0 Å². The largest absolute Gasteiger partial charge is 0.504 e. The number of hydrogen-bond donors (Lipinski definition) is 3. The topological polar surface area (TPSA) is 60.7 Å². The van der Waals surface area contributed by atoms with Gasteiger partial charge in [-0.1, -0.05) is 48.5 Å². The van der Waals surface area contributed by atoms with Crippen LogP contribution in [0.4, 0.5) is 0 Å². The predicted octanol–water partition coefficient (Wildman–Crippen LogP) is 4.26. The van der Waals surface area contributed by atoms with Gasteiger partial charge in [0.2, 0.25) is 5.75 Å². The summed E-state index contributed by atoms with van der Waals surface area (Å²) in [4.78, 5) is 0. The van der Waals surface area contributed by atoms with E-state index in [4.69, 9.17) is 0 Å². The van der Waals surface area contributed by atoms with Gasteiger partial charge in [-0.25, -0.2) is 0 Å². The van der Waals surface area contributed by atoms with Crippen molar-refractivity contribution >= 4 is 32.3 Å². The van der Waals surface area contributed by atoms with Gasteiger partial charge in [0.05, 0.1) is 0 Å². The molecule has 4 rings (SSSR count). The van der Waals surface area contributed by atoms with Crippen LogP contribution in [0.25, 0.3) is 32.3 Å². The fraction of sp³-hybridized carbons (Fsp3) is 0. The molecule has 0 saturated heterocycles. The number of phenols is 3. The SMILES string of the molecule is Oc1cc2c3ccccc3c3ccccc3c2c(O)c1O. The van der Waals surface area contributed by atoms with E-state index in [0.717, 1.165) is 26.9 Å². The second-order valence-electron chi connectivity index (χ2n) is 5.11. The molecule has 0 radical (unpaired) electrons. The predicted molar refractivity (Wildman–Crippen MR) is 84.0 cm³/mol. The van der Waals surface area contributed by atoms with Crippen molar-refractivity contribution < 1.29 is 15.3 Å². The molecule has 3 N–H and O–H groups in total. The van der Waals surface area contributed by atoms with Crippen molar-refractivity contribution in [2.45, 2.75) is 0 Å². The summed E-state index contributed by atoms with van der Waals surface area (Å²) >= 11 is 0. The Kier molecular flexibility index (Phi) is 2.27. The smallest absolute Gasteiger partial charge is 0.200 e. The lowest BCUT2D eigenvalue weighted by Crippen LogP contribution is -1.84. The van der Waals surface area contributed by atoms with Gasteiger partial charge >= 0.3 is 0 Å². The van der Waals surface area contributed by atoms with E-state index in [1.165, 1.54) is 6.07 Å². The van der Waals surface area contributed by atoms with Gasteiger partial charge in [0.25, 0.3) is 0 Å². The fourth-order valence-corrected chi connectivity index (χ4v) is 3.02. The van der Waals surface area contributed by atoms with Crippen LogP contribution < -0.4 is 0 Å². The van der Waals surface area contributed by atoms with E-state index in [-0.39, 0.29) is 11.5 Å². The fourth-order valence-electron chi connectivity index (χ4n) is 3.02. The van der Waals surface area contributed by atoms with Crippen molar-refractivity contribution in [3.8, 4) is 17.2 Å². The molecule has 0 unspecified atom stereocenters. The highest BCUT2D eigenvalue weighted by molar-refractivity contribution is 6.27. The average Bonchev–Trinajstić information content (AvgIpc) is 2.52. The summed E-state index contributed by atoms with van der Waals surface area (Å²) in [5, 5.41) is 35.0. The molecule has 0 aromatic heterocycles. The summed E-state index contributed by atoms with van der Waals surface area (Å²) < 4.78 is 0. The third-order valence-corrected chi connectivity index (χ3v) is 3.96. The second kappa shape index (κ2) is 4.03. The molecule has 102 valence electrons. The van der Waals surface area contributed by atoms with Crippen LogP contribution in [0.2, 0.25) is 0 Å². The maximum absolute atomic E-state index is 10.3. The molecule has 0 fully saturated rings. The maximum Gasteiger partial charge on any atom is 0.200 e. The molecule has 3 heteroatoms. The minimum atomic E-state index is -0.483. The summed E-state index contributed by atoms with van der Waals surface area (Å²) in [6.07, 6.45) is 0. The standard InChI is InChI=1S/C18H12O3/c19-15-9-14-12-7-2-1-5-10(12)11-6-3-4-8-13(11)16(14)18(21)17(15)20/h1-9,19-21H. The molecule has 0 atom stereocenters. The molecular weight excluding hydrogens is 264 g/mol. The first-order valence-corrected chi connectivity index (χ1v) is 6.65. The molecule has 0 bridgehead atoms. The van der Waals surface area contributed by atoms with E-state index in [1.807, 2.05) is 48.5 Å². The van der Waals surface area contributed by atoms with Crippen LogP contribution in [0.1, 0.15) is 0 Å². The van der Waals surface area contributed by atoms with Gasteiger partial charge in [0, 0.05) is 5.39 Å². The molecule has 0 aliphatic rings. The van der Waals surface area contributed by atoms with Gasteiger partial charge in [0.15, 0.2) is 11.5 Å². The minimum Gasteiger partial charge on any atom is -0.504 e. The highest BCUT2D eigenvalue weighted by Gasteiger charge is 2.16. The van der Waals surface area contributed by atoms with E-state index < -0.39 is 5.75 Å². The van der Waals surface area contributed by atoms with Crippen molar-refractivity contribution in [3.05, 3.63) is 54.6 Å². The van der Waals surface area contributed by atoms with E-state index in [0.29, 0.717) is 5.39 Å². The van der Waals surface area contributed by atoms with Gasteiger partial charge in [-0.15, -0.1) is 0 Å². The first kappa shape index (κ1) is 11.9. The zero-order valence-corrected chi connectivity index (χ0v) is 11.0. The highest BCUT2D eigenvalue weighted by Crippen LogP contribution is 2.46. The number of phenolic OH excluding ortho intramolecular Hbond substituents is 3. The molecule has 4 aromatic rings. The summed E-state index contributed by atoms with van der Waals surface area (Å²) in [5.74, 6) is -1.09. The maximum atomic E-state index is 10.3. The van der Waals surface area contributed by atoms with Crippen LogP contribution in [-0.2, 0) is 0 Å². The van der Waals surface area contributed by atoms with Crippen LogP contribution in [0, 0.1) is 0 Å². The Morgan fingerprint density at radius 3 is 1.62 bits per heavy atom. The third kappa shape index (κ3) is 1.48. The highest BCUT2D eigenvalue weighted by atomic mass is 16.3. The molecule has 0 saturated carbocycles. The van der Waals surface area contributed by atoms with Gasteiger partial charge in [-0.3, -0.25) is 0 Å². The summed E-state index contributed by atoms with van der Waals surface area (Å²) in [6, 6.07) is 17.0. The lowest BCUT2D eigenvalue weighted by atomic mass is 9.93. The molecule has 0 amide bonds. The zero-order valence-electron chi connectivity index (χ0n) is 11.0. The van der Waals surface area contributed by atoms with E-state index in [9.17, 15) is 15.3 Å². The van der Waals surface area contributed by atoms with Crippen molar-refractivity contribution in [2.75, 3.05) is 0 Å². The van der Waals surface area contributed by atoms with Gasteiger partial charge < -0.3 is 15.3 Å². The third-order valence-electron chi connectivity index (χ3n) is 3.96. The Morgan fingerprint density at radius 1 is 0.524 bits per heavy atom. The number of rotatable bonds is 0. The van der Waals surface area contributed by atoms with Crippen molar-refractivity contribution in [1.82, 2.24) is 0 Å². The normalized spacial score (nSPS) is 11.4. The summed E-state index contributed by atoms with van der Waals surface area (Å²) in [6.45, 7) is 0. The Balaban J connectivity index is 2.46. The Morgan fingerprint density at radius 2 is 1.00 bits per heavy atom.